The van der Waals surface area contributed by atoms with E-state index in [1.807, 2.05) is 37.3 Å². The first-order valence-electron chi connectivity index (χ1n) is 10.8. The number of rotatable bonds is 8. The Kier molecular flexibility index (Phi) is 6.95. The summed E-state index contributed by atoms with van der Waals surface area (Å²) in [5, 5.41) is 4.42. The van der Waals surface area contributed by atoms with E-state index < -0.39 is 22.9 Å². The van der Waals surface area contributed by atoms with Gasteiger partial charge in [-0.3, -0.25) is 28.8 Å². The molecule has 2 aromatic heterocycles. The van der Waals surface area contributed by atoms with Crippen molar-refractivity contribution in [2.75, 3.05) is 17.2 Å². The third kappa shape index (κ3) is 4.36. The minimum atomic E-state index is -0.922. The number of aromatic nitrogens is 4. The fraction of sp³-hybridized carbons (Fsp3) is 0.348. The maximum atomic E-state index is 13.3. The molecule has 10 heteroatoms. The van der Waals surface area contributed by atoms with Crippen LogP contribution in [0.1, 0.15) is 48.4 Å². The second-order valence-electron chi connectivity index (χ2n) is 7.67. The Bertz CT molecular complexity index is 1300. The predicted octanol–water partition coefficient (Wildman–Crippen LogP) is 1.96. The maximum absolute atomic E-state index is 13.3. The first kappa shape index (κ1) is 23.7. The Hall–Kier alpha value is -3.95. The fourth-order valence-corrected chi connectivity index (χ4v) is 3.80. The average Bonchev–Trinajstić information content (AvgIpc) is 3.09. The van der Waals surface area contributed by atoms with Crippen molar-refractivity contribution in [2.45, 2.75) is 47.1 Å². The van der Waals surface area contributed by atoms with E-state index in [0.29, 0.717) is 17.8 Å². The van der Waals surface area contributed by atoms with Crippen LogP contribution in [0.4, 0.5) is 11.5 Å². The predicted molar refractivity (Wildman–Crippen MR) is 126 cm³/mol. The zero-order chi connectivity index (χ0) is 24.3. The van der Waals surface area contributed by atoms with Crippen LogP contribution in [0.15, 0.2) is 39.9 Å². The number of aromatic amines is 1. The van der Waals surface area contributed by atoms with Crippen molar-refractivity contribution in [1.82, 2.24) is 19.3 Å². The average molecular weight is 453 g/mol. The lowest BCUT2D eigenvalue weighted by molar-refractivity contribution is -0.114. The number of benzene rings is 1. The molecular formula is C23H28N6O4. The molecule has 0 bridgehead atoms. The van der Waals surface area contributed by atoms with Crippen molar-refractivity contribution in [2.24, 2.45) is 0 Å². The van der Waals surface area contributed by atoms with Gasteiger partial charge in [-0.25, -0.2) is 9.48 Å². The molecule has 3 aromatic rings. The standard InChI is InChI=1S/C23H28N6O4/c1-5-7-13-28-20(24)18(21(31)25-23(28)33)27(6-2)22(32)19(30)17-14(3)26-29(15(17)4)16-11-9-8-10-12-16/h8-12H,5-7,13,24H2,1-4H3,(H,25,31,33). The summed E-state index contributed by atoms with van der Waals surface area (Å²) in [6, 6.07) is 9.24. The highest BCUT2D eigenvalue weighted by molar-refractivity contribution is 6.47. The number of amides is 1. The van der Waals surface area contributed by atoms with Crippen molar-refractivity contribution in [3.63, 3.8) is 0 Å². The molecule has 0 radical (unpaired) electrons. The molecule has 0 aliphatic heterocycles. The van der Waals surface area contributed by atoms with E-state index in [0.717, 1.165) is 17.0 Å². The quantitative estimate of drug-likeness (QED) is 0.396. The van der Waals surface area contributed by atoms with Crippen molar-refractivity contribution >= 4 is 23.2 Å². The number of hydrogen-bond donors (Lipinski definition) is 2. The van der Waals surface area contributed by atoms with Gasteiger partial charge in [0, 0.05) is 13.1 Å². The molecule has 1 amide bonds. The molecule has 0 fully saturated rings. The van der Waals surface area contributed by atoms with Crippen LogP contribution in [0.25, 0.3) is 5.69 Å². The number of carbonyl (C=O) groups is 2. The van der Waals surface area contributed by atoms with Gasteiger partial charge in [-0.2, -0.15) is 5.10 Å². The van der Waals surface area contributed by atoms with Gasteiger partial charge in [-0.05, 0) is 39.3 Å². The highest BCUT2D eigenvalue weighted by Crippen LogP contribution is 2.22. The zero-order valence-corrected chi connectivity index (χ0v) is 19.2. The second-order valence-corrected chi connectivity index (χ2v) is 7.67. The lowest BCUT2D eigenvalue weighted by atomic mass is 10.1. The molecule has 0 aliphatic carbocycles. The van der Waals surface area contributed by atoms with Crippen LogP contribution in [0.5, 0.6) is 0 Å². The van der Waals surface area contributed by atoms with Crippen LogP contribution in [0.3, 0.4) is 0 Å². The van der Waals surface area contributed by atoms with Gasteiger partial charge >= 0.3 is 5.69 Å². The molecule has 0 atom stereocenters. The van der Waals surface area contributed by atoms with Crippen molar-refractivity contribution in [3.05, 3.63) is 68.1 Å². The summed E-state index contributed by atoms with van der Waals surface area (Å²) in [6.07, 6.45) is 1.46. The Balaban J connectivity index is 2.05. The highest BCUT2D eigenvalue weighted by Gasteiger charge is 2.32. The van der Waals surface area contributed by atoms with Crippen molar-refractivity contribution < 1.29 is 9.59 Å². The normalized spacial score (nSPS) is 10.9. The number of nitrogens with zero attached hydrogens (tertiary/aromatic N) is 4. The smallest absolute Gasteiger partial charge is 0.330 e. The molecule has 33 heavy (non-hydrogen) atoms. The summed E-state index contributed by atoms with van der Waals surface area (Å²) in [5.74, 6) is -1.87. The minimum Gasteiger partial charge on any atom is -0.383 e. The Morgan fingerprint density at radius 2 is 1.79 bits per heavy atom. The van der Waals surface area contributed by atoms with E-state index in [2.05, 4.69) is 10.1 Å². The largest absolute Gasteiger partial charge is 0.383 e. The van der Waals surface area contributed by atoms with Crippen LogP contribution in [0, 0.1) is 13.8 Å². The molecule has 174 valence electrons. The van der Waals surface area contributed by atoms with Crippen LogP contribution in [-0.4, -0.2) is 37.6 Å². The summed E-state index contributed by atoms with van der Waals surface area (Å²) in [6.45, 7) is 7.22. The number of likely N-dealkylation sites (N-methyl/N-ethyl adjacent to an activating group) is 1. The summed E-state index contributed by atoms with van der Waals surface area (Å²) in [7, 11) is 0. The number of para-hydroxylation sites is 1. The van der Waals surface area contributed by atoms with E-state index in [4.69, 9.17) is 5.73 Å². The molecule has 0 spiro atoms. The number of H-pyrrole nitrogens is 1. The van der Waals surface area contributed by atoms with E-state index >= 15 is 0 Å². The molecule has 0 saturated heterocycles. The molecule has 3 N–H and O–H groups in total. The highest BCUT2D eigenvalue weighted by atomic mass is 16.2. The number of nitrogen functional groups attached to an aromatic ring is 1. The summed E-state index contributed by atoms with van der Waals surface area (Å²) in [5.41, 5.74) is 6.27. The molecule has 10 nitrogen and oxygen atoms in total. The van der Waals surface area contributed by atoms with E-state index in [-0.39, 0.29) is 30.2 Å². The lowest BCUT2D eigenvalue weighted by Crippen LogP contribution is -2.43. The van der Waals surface area contributed by atoms with Gasteiger partial charge in [0.1, 0.15) is 5.82 Å². The van der Waals surface area contributed by atoms with Gasteiger partial charge in [0.25, 0.3) is 17.2 Å². The number of aryl methyl sites for hydroxylation is 1. The molecule has 0 aliphatic rings. The molecule has 2 heterocycles. The number of carbonyl (C=O) groups excluding carboxylic acids is 2. The molecule has 0 unspecified atom stereocenters. The zero-order valence-electron chi connectivity index (χ0n) is 19.2. The Morgan fingerprint density at radius 1 is 1.12 bits per heavy atom. The first-order valence-corrected chi connectivity index (χ1v) is 10.8. The molecule has 0 saturated carbocycles. The van der Waals surface area contributed by atoms with Crippen molar-refractivity contribution in [1.29, 1.82) is 0 Å². The summed E-state index contributed by atoms with van der Waals surface area (Å²) >= 11 is 0. The monoisotopic (exact) mass is 452 g/mol. The minimum absolute atomic E-state index is 0.00868. The second kappa shape index (κ2) is 9.68. The number of Topliss-reactive ketones (excluding diaryl/α,β-unsaturated/α-hetero) is 1. The molecule has 1 aromatic carbocycles. The van der Waals surface area contributed by atoms with E-state index in [1.165, 1.54) is 4.57 Å². The topological polar surface area (TPSA) is 136 Å². The van der Waals surface area contributed by atoms with Gasteiger partial charge in [0.15, 0.2) is 5.69 Å². The van der Waals surface area contributed by atoms with Crippen LogP contribution >= 0.6 is 0 Å². The molecular weight excluding hydrogens is 424 g/mol. The number of nitrogens with one attached hydrogen (secondary N) is 1. The summed E-state index contributed by atoms with van der Waals surface area (Å²) in [4.78, 5) is 54.6. The number of hydrogen-bond acceptors (Lipinski definition) is 6. The van der Waals surface area contributed by atoms with Crippen LogP contribution < -0.4 is 21.9 Å². The van der Waals surface area contributed by atoms with Crippen LogP contribution in [-0.2, 0) is 11.3 Å². The number of unbranched alkanes of at least 4 members (excludes halogenated alkanes) is 1. The lowest BCUT2D eigenvalue weighted by Gasteiger charge is -2.22. The van der Waals surface area contributed by atoms with Crippen molar-refractivity contribution in [3.8, 4) is 5.69 Å². The third-order valence-electron chi connectivity index (χ3n) is 5.49. The maximum Gasteiger partial charge on any atom is 0.330 e. The SMILES string of the molecule is CCCCn1c(N)c(N(CC)C(=O)C(=O)c2c(C)nn(-c3ccccc3)c2C)c(=O)[nH]c1=O. The first-order chi connectivity index (χ1) is 15.7. The van der Waals surface area contributed by atoms with Crippen LogP contribution in [0.2, 0.25) is 0 Å². The van der Waals surface area contributed by atoms with E-state index in [9.17, 15) is 19.2 Å². The van der Waals surface area contributed by atoms with Gasteiger partial charge in [0.05, 0.1) is 22.6 Å². The number of anilines is 2. The number of ketones is 1. The number of nitrogens with two attached hydrogens (primary N) is 1. The summed E-state index contributed by atoms with van der Waals surface area (Å²) < 4.78 is 2.81. The molecule has 3 rings (SSSR count). The van der Waals surface area contributed by atoms with E-state index in [1.54, 1.807) is 25.5 Å². The Labute approximate surface area is 190 Å². The van der Waals surface area contributed by atoms with Gasteiger partial charge in [0.2, 0.25) is 0 Å². The van der Waals surface area contributed by atoms with Gasteiger partial charge in [-0.15, -0.1) is 0 Å². The van der Waals surface area contributed by atoms with Gasteiger partial charge < -0.3 is 5.73 Å². The van der Waals surface area contributed by atoms with Gasteiger partial charge in [-0.1, -0.05) is 31.5 Å². The fourth-order valence-electron chi connectivity index (χ4n) is 3.80. The third-order valence-corrected chi connectivity index (χ3v) is 5.49. The Morgan fingerprint density at radius 3 is 2.39 bits per heavy atom.